The topological polar surface area (TPSA) is 57.6 Å². The summed E-state index contributed by atoms with van der Waals surface area (Å²) in [5, 5.41) is 10.8. The van der Waals surface area contributed by atoms with Gasteiger partial charge >= 0.3 is 6.18 Å². The number of hydrogen-bond donors (Lipinski definition) is 2. The fourth-order valence-electron chi connectivity index (χ4n) is 3.63. The number of hydrogen-bond acceptors (Lipinski definition) is 3. The van der Waals surface area contributed by atoms with Gasteiger partial charge in [-0.15, -0.1) is 0 Å². The molecule has 164 valence electrons. The average Bonchev–Trinajstić information content (AvgIpc) is 3.01. The summed E-state index contributed by atoms with van der Waals surface area (Å²) in [7, 11) is 1.36. The third-order valence-electron chi connectivity index (χ3n) is 4.99. The van der Waals surface area contributed by atoms with Crippen LogP contribution in [0.5, 0.6) is 5.75 Å². The zero-order valence-electron chi connectivity index (χ0n) is 17.4. The van der Waals surface area contributed by atoms with Crippen molar-refractivity contribution >= 4 is 18.0 Å². The number of aromatic nitrogens is 1. The van der Waals surface area contributed by atoms with Gasteiger partial charge in [0.15, 0.2) is 5.60 Å². The molecule has 0 aliphatic carbocycles. The van der Waals surface area contributed by atoms with Crippen molar-refractivity contribution in [3.63, 3.8) is 0 Å². The molecule has 2 rings (SSSR count). The number of methoxy groups -OCH3 is 1. The third-order valence-corrected chi connectivity index (χ3v) is 4.99. The van der Waals surface area contributed by atoms with Crippen LogP contribution in [-0.2, 0) is 11.8 Å². The van der Waals surface area contributed by atoms with Gasteiger partial charge in [0.25, 0.3) is 0 Å². The number of H-pyrrole nitrogens is 1. The fourth-order valence-corrected chi connectivity index (χ4v) is 3.63. The van der Waals surface area contributed by atoms with E-state index in [1.165, 1.54) is 51.4 Å². The third kappa shape index (κ3) is 4.92. The van der Waals surface area contributed by atoms with Crippen LogP contribution < -0.4 is 4.74 Å². The van der Waals surface area contributed by atoms with Crippen molar-refractivity contribution in [1.82, 2.24) is 4.98 Å². The highest BCUT2D eigenvalue weighted by molar-refractivity contribution is 5.68. The maximum atomic E-state index is 14.0. The molecule has 1 aromatic carbocycles. The summed E-state index contributed by atoms with van der Waals surface area (Å²) in [5.74, 6) is -0.351. The Morgan fingerprint density at radius 3 is 2.43 bits per heavy atom. The van der Waals surface area contributed by atoms with Crippen LogP contribution in [0.1, 0.15) is 44.1 Å². The van der Waals surface area contributed by atoms with Gasteiger partial charge in [0.05, 0.1) is 18.5 Å². The first-order chi connectivity index (χ1) is 13.9. The first-order valence-corrected chi connectivity index (χ1v) is 9.33. The molecule has 4 nitrogen and oxygen atoms in total. The van der Waals surface area contributed by atoms with Gasteiger partial charge in [-0.25, -0.2) is 4.39 Å². The summed E-state index contributed by atoms with van der Waals surface area (Å²) >= 11 is 0. The first-order valence-electron chi connectivity index (χ1n) is 9.33. The number of aliphatic imine (C=N–C) groups is 1. The molecular weight excluding hydrogens is 400 g/mol. The van der Waals surface area contributed by atoms with Crippen LogP contribution in [0.3, 0.4) is 0 Å². The second-order valence-corrected chi connectivity index (χ2v) is 7.80. The van der Waals surface area contributed by atoms with E-state index in [2.05, 4.69) is 16.6 Å². The van der Waals surface area contributed by atoms with Gasteiger partial charge < -0.3 is 14.8 Å². The van der Waals surface area contributed by atoms with E-state index in [1.54, 1.807) is 6.92 Å². The van der Waals surface area contributed by atoms with Gasteiger partial charge in [-0.3, -0.25) is 4.99 Å². The molecule has 0 aliphatic rings. The predicted molar refractivity (Wildman–Crippen MR) is 110 cm³/mol. The highest BCUT2D eigenvalue weighted by Gasteiger charge is 2.56. The lowest BCUT2D eigenvalue weighted by molar-refractivity contribution is -0.266. The maximum absolute atomic E-state index is 14.0. The van der Waals surface area contributed by atoms with E-state index >= 15 is 0 Å². The Balaban J connectivity index is 2.47. The number of nitrogens with one attached hydrogen (secondary N) is 1. The molecule has 0 saturated carbocycles. The molecule has 0 aliphatic heterocycles. The molecule has 1 aromatic heterocycles. The molecular formula is C22H26F4N2O2. The summed E-state index contributed by atoms with van der Waals surface area (Å²) < 4.78 is 61.1. The molecule has 1 heterocycles. The van der Waals surface area contributed by atoms with Crippen LogP contribution in [0.25, 0.3) is 6.08 Å². The van der Waals surface area contributed by atoms with Crippen molar-refractivity contribution in [3.8, 4) is 5.75 Å². The summed E-state index contributed by atoms with van der Waals surface area (Å²) in [4.78, 5) is 6.92. The second kappa shape index (κ2) is 8.63. The van der Waals surface area contributed by atoms with E-state index in [0.29, 0.717) is 11.4 Å². The van der Waals surface area contributed by atoms with Crippen LogP contribution in [0.15, 0.2) is 35.8 Å². The zero-order chi connectivity index (χ0) is 22.7. The largest absolute Gasteiger partial charge is 0.496 e. The van der Waals surface area contributed by atoms with Crippen LogP contribution >= 0.6 is 0 Å². The normalized spacial score (nSPS) is 14.7. The molecule has 2 N–H and O–H groups in total. The van der Waals surface area contributed by atoms with E-state index in [4.69, 9.17) is 4.74 Å². The van der Waals surface area contributed by atoms with Crippen molar-refractivity contribution in [2.24, 2.45) is 4.99 Å². The molecule has 0 radical (unpaired) electrons. The van der Waals surface area contributed by atoms with Crippen molar-refractivity contribution in [1.29, 1.82) is 0 Å². The zero-order valence-corrected chi connectivity index (χ0v) is 17.4. The van der Waals surface area contributed by atoms with Crippen molar-refractivity contribution in [2.75, 3.05) is 7.11 Å². The van der Waals surface area contributed by atoms with E-state index in [0.717, 1.165) is 6.07 Å². The highest BCUT2D eigenvalue weighted by atomic mass is 19.4. The minimum Gasteiger partial charge on any atom is -0.496 e. The summed E-state index contributed by atoms with van der Waals surface area (Å²) in [6.45, 7) is 8.32. The number of alkyl halides is 3. The van der Waals surface area contributed by atoms with Gasteiger partial charge in [-0.1, -0.05) is 20.4 Å². The van der Waals surface area contributed by atoms with Crippen molar-refractivity contribution in [2.45, 2.75) is 50.8 Å². The lowest BCUT2D eigenvalue weighted by atomic mass is 9.73. The Morgan fingerprint density at radius 2 is 1.90 bits per heavy atom. The van der Waals surface area contributed by atoms with E-state index in [1.807, 2.05) is 0 Å². The van der Waals surface area contributed by atoms with Crippen LogP contribution in [0, 0.1) is 5.82 Å². The molecule has 0 amide bonds. The predicted octanol–water partition coefficient (Wildman–Crippen LogP) is 5.73. The summed E-state index contributed by atoms with van der Waals surface area (Å²) in [6.07, 6.45) is -3.41. The van der Waals surface area contributed by atoms with Gasteiger partial charge in [-0.2, -0.15) is 13.2 Å². The first kappa shape index (κ1) is 23.7. The Kier molecular flexibility index (Phi) is 6.81. The molecule has 1 atom stereocenters. The van der Waals surface area contributed by atoms with Gasteiger partial charge in [0.2, 0.25) is 0 Å². The smallest absolute Gasteiger partial charge is 0.417 e. The molecule has 0 spiro atoms. The number of ether oxygens (including phenoxy) is 1. The monoisotopic (exact) mass is 426 g/mol. The molecule has 0 saturated heterocycles. The molecule has 1 unspecified atom stereocenters. The number of rotatable bonds is 8. The number of nitrogens with zero attached hydrogens (tertiary/aromatic N) is 1. The standard InChI is InChI=1S/C22H26F4N2O2/c1-6-17-18(27-7-2)11-15(28-17)12-21(29,22(24,25)26)13-20(3,4)16-10-14(23)8-9-19(16)30-5/h6-11,28-29H,1,12-13H2,2-5H3. The number of aromatic amines is 1. The summed E-state index contributed by atoms with van der Waals surface area (Å²) in [5.41, 5.74) is -3.05. The number of halogens is 4. The SMILES string of the molecule is C=Cc1[nH]c(CC(O)(CC(C)(C)c2cc(F)ccc2OC)C(F)(F)F)cc1N=CC. The Labute approximate surface area is 173 Å². The molecule has 2 aromatic rings. The van der Waals surface area contributed by atoms with E-state index in [9.17, 15) is 22.7 Å². The highest BCUT2D eigenvalue weighted by Crippen LogP contribution is 2.45. The second-order valence-electron chi connectivity index (χ2n) is 7.80. The van der Waals surface area contributed by atoms with Crippen LogP contribution in [-0.4, -0.2) is 35.2 Å². The number of aliphatic hydroxyl groups is 1. The minimum absolute atomic E-state index is 0.160. The lowest BCUT2D eigenvalue weighted by Gasteiger charge is -2.38. The molecule has 0 fully saturated rings. The number of benzene rings is 1. The van der Waals surface area contributed by atoms with Crippen molar-refractivity contribution in [3.05, 3.63) is 53.6 Å². The van der Waals surface area contributed by atoms with Gasteiger partial charge in [0, 0.05) is 23.9 Å². The Morgan fingerprint density at radius 1 is 1.23 bits per heavy atom. The maximum Gasteiger partial charge on any atom is 0.417 e. The minimum atomic E-state index is -4.93. The van der Waals surface area contributed by atoms with Crippen molar-refractivity contribution < 1.29 is 27.4 Å². The molecule has 8 heteroatoms. The van der Waals surface area contributed by atoms with Gasteiger partial charge in [-0.05, 0) is 49.1 Å². The Hall–Kier alpha value is -2.61. The molecule has 30 heavy (non-hydrogen) atoms. The quantitative estimate of drug-likeness (QED) is 0.418. The van der Waals surface area contributed by atoms with E-state index in [-0.39, 0.29) is 17.0 Å². The molecule has 0 bridgehead atoms. The summed E-state index contributed by atoms with van der Waals surface area (Å²) in [6, 6.07) is 5.10. The average molecular weight is 426 g/mol. The Bertz CT molecular complexity index is 932. The van der Waals surface area contributed by atoms with Gasteiger partial charge in [0.1, 0.15) is 11.6 Å². The fraction of sp³-hybridized carbons (Fsp3) is 0.409. The lowest BCUT2D eigenvalue weighted by Crippen LogP contribution is -2.51. The van der Waals surface area contributed by atoms with Crippen LogP contribution in [0.4, 0.5) is 23.2 Å². The van der Waals surface area contributed by atoms with Crippen LogP contribution in [0.2, 0.25) is 0 Å². The van der Waals surface area contributed by atoms with E-state index < -0.39 is 35.9 Å².